The Balaban J connectivity index is 0.00000450. The van der Waals surface area contributed by atoms with Crippen LogP contribution < -0.4 is 0 Å². The van der Waals surface area contributed by atoms with E-state index in [1.165, 1.54) is 15.0 Å². The summed E-state index contributed by atoms with van der Waals surface area (Å²) in [4.78, 5) is 1.18. The average Bonchev–Trinajstić information content (AvgIpc) is 3.04. The minimum Gasteiger partial charge on any atom is -0.147 e. The van der Waals surface area contributed by atoms with Crippen LogP contribution in [-0.2, 0) is 15.0 Å². The molecule has 0 aromatic rings. The second-order valence-electron chi connectivity index (χ2n) is 12.2. The molecule has 5 heteroatoms. The van der Waals surface area contributed by atoms with Crippen molar-refractivity contribution in [2.75, 3.05) is 0 Å². The van der Waals surface area contributed by atoms with Crippen LogP contribution in [0.2, 0.25) is 9.63 Å². The van der Waals surface area contributed by atoms with Crippen molar-refractivity contribution in [1.29, 1.82) is 0 Å². The average molecular weight is 547 g/mol. The van der Waals surface area contributed by atoms with Crippen LogP contribution in [0.15, 0.2) is 47.1 Å². The van der Waals surface area contributed by atoms with E-state index in [0.717, 1.165) is 0 Å². The maximum absolute atomic E-state index is 2.49. The third-order valence-corrected chi connectivity index (χ3v) is 14.7. The second kappa shape index (κ2) is 11.1. The van der Waals surface area contributed by atoms with Gasteiger partial charge in [-0.3, -0.25) is 0 Å². The number of rotatable bonds is 4. The Kier molecular flexibility index (Phi) is 11.4. The summed E-state index contributed by atoms with van der Waals surface area (Å²) in [5.41, 5.74) is 0. The first kappa shape index (κ1) is 31.9. The topological polar surface area (TPSA) is 0 Å². The van der Waals surface area contributed by atoms with Crippen LogP contribution in [-0.4, -0.2) is 20.6 Å². The van der Waals surface area contributed by atoms with Crippen LogP contribution >= 0.6 is 40.7 Å². The molecule has 0 N–H and O–H groups in total. The van der Waals surface area contributed by atoms with E-state index in [0.29, 0.717) is 30.3 Å². The van der Waals surface area contributed by atoms with Gasteiger partial charge in [0.25, 0.3) is 0 Å². The molecule has 182 valence electrons. The molecular weight excluding hydrogens is 501 g/mol. The Bertz CT molecular complexity index is 632. The molecule has 0 aromatic heterocycles. The predicted octanol–water partition coefficient (Wildman–Crippen LogP) is 10.6. The molecule has 0 saturated heterocycles. The standard InChI is InChI=1S/2C13H22P.2ClH.Fe/c2*1-12(2,3)14(13(4,5)6)11-9-7-8-10-11;;;/h2*7-10H,1-6H3;2*1H;. The van der Waals surface area contributed by atoms with Crippen molar-refractivity contribution in [1.82, 2.24) is 0 Å². The Morgan fingerprint density at radius 1 is 0.548 bits per heavy atom. The molecule has 31 heavy (non-hydrogen) atoms. The quantitative estimate of drug-likeness (QED) is 0.243. The minimum atomic E-state index is -0.218. The van der Waals surface area contributed by atoms with Crippen LogP contribution in [0.3, 0.4) is 0 Å². The van der Waals surface area contributed by atoms with Crippen LogP contribution in [0, 0.1) is 0 Å². The van der Waals surface area contributed by atoms with Crippen molar-refractivity contribution in [3.05, 3.63) is 47.1 Å². The first-order valence-corrected chi connectivity index (χ1v) is 14.9. The van der Waals surface area contributed by atoms with Crippen LogP contribution in [0.5, 0.6) is 0 Å². The molecule has 2 aliphatic carbocycles. The Morgan fingerprint density at radius 2 is 0.806 bits per heavy atom. The Hall–Kier alpha value is 0.919. The zero-order chi connectivity index (χ0) is 22.4. The monoisotopic (exact) mass is 546 g/mol. The summed E-state index contributed by atoms with van der Waals surface area (Å²) in [6.07, 6.45) is 14.6. The summed E-state index contributed by atoms with van der Waals surface area (Å²) >= 11 is 1.24. The normalized spacial score (nSPS) is 22.0. The van der Waals surface area contributed by atoms with E-state index in [1.807, 2.05) is 0 Å². The number of allylic oxidation sites excluding steroid dienone is 8. The smallest absolute Gasteiger partial charge is 0.147 e. The minimum absolute atomic E-state index is 0. The van der Waals surface area contributed by atoms with Crippen molar-refractivity contribution in [2.45, 2.75) is 113 Å². The van der Waals surface area contributed by atoms with Crippen LogP contribution in [0.1, 0.15) is 83.1 Å². The van der Waals surface area contributed by atoms with E-state index < -0.39 is 0 Å². The molecule has 2 rings (SSSR count). The fourth-order valence-corrected chi connectivity index (χ4v) is 16.2. The van der Waals surface area contributed by atoms with Gasteiger partial charge in [-0.15, -0.1) is 24.8 Å². The van der Waals surface area contributed by atoms with Gasteiger partial charge in [0.1, 0.15) is 0 Å². The van der Waals surface area contributed by atoms with Gasteiger partial charge in [0.15, 0.2) is 0 Å². The molecule has 0 bridgehead atoms. The summed E-state index contributed by atoms with van der Waals surface area (Å²) in [5.74, 6) is 0. The molecule has 0 nitrogen and oxygen atoms in total. The van der Waals surface area contributed by atoms with Crippen molar-refractivity contribution in [3.8, 4) is 0 Å². The molecule has 0 heterocycles. The Labute approximate surface area is 215 Å². The first-order chi connectivity index (χ1) is 12.9. The van der Waals surface area contributed by atoms with Gasteiger partial charge < -0.3 is 0 Å². The van der Waals surface area contributed by atoms with Crippen molar-refractivity contribution >= 4 is 40.7 Å². The molecule has 0 fully saturated rings. The summed E-state index contributed by atoms with van der Waals surface area (Å²) in [5, 5.41) is 4.76. The Morgan fingerprint density at radius 3 is 1.03 bits per heavy atom. The summed E-state index contributed by atoms with van der Waals surface area (Å²) in [6, 6.07) is 0. The van der Waals surface area contributed by atoms with Crippen LogP contribution in [0.25, 0.3) is 0 Å². The van der Waals surface area contributed by atoms with E-state index in [1.54, 1.807) is 10.6 Å². The predicted molar refractivity (Wildman–Crippen MR) is 149 cm³/mol. The fraction of sp³-hybridized carbons (Fsp3) is 0.692. The van der Waals surface area contributed by atoms with Gasteiger partial charge >= 0.3 is 191 Å². The van der Waals surface area contributed by atoms with Gasteiger partial charge in [0.05, 0.1) is 0 Å². The molecule has 0 radical (unpaired) electrons. The molecule has 0 amide bonds. The van der Waals surface area contributed by atoms with E-state index in [2.05, 4.69) is 120 Å². The van der Waals surface area contributed by atoms with Gasteiger partial charge in [-0.05, 0) is 0 Å². The van der Waals surface area contributed by atoms with Gasteiger partial charge in [-0.2, -0.15) is 0 Å². The van der Waals surface area contributed by atoms with Crippen molar-refractivity contribution < 1.29 is 15.0 Å². The van der Waals surface area contributed by atoms with Crippen molar-refractivity contribution in [2.24, 2.45) is 0 Å². The summed E-state index contributed by atoms with van der Waals surface area (Å²) in [6.45, 7) is 29.3. The largest absolute Gasteiger partial charge is 0.147 e. The van der Waals surface area contributed by atoms with Gasteiger partial charge in [-0.25, -0.2) is 0 Å². The van der Waals surface area contributed by atoms with Gasteiger partial charge in [0, 0.05) is 0 Å². The second-order valence-corrected chi connectivity index (χ2v) is 21.7. The number of hydrogen-bond donors (Lipinski definition) is 0. The molecule has 0 spiro atoms. The molecular formula is C26H46Cl2FeP2. The summed E-state index contributed by atoms with van der Waals surface area (Å²) in [7, 11) is -0.436. The van der Waals surface area contributed by atoms with E-state index in [4.69, 9.17) is 0 Å². The number of hydrogen-bond acceptors (Lipinski definition) is 0. The first-order valence-electron chi connectivity index (χ1n) is 10.9. The number of halogens is 2. The molecule has 2 unspecified atom stereocenters. The molecule has 0 aliphatic heterocycles. The SMILES string of the molecule is CC(C)(C)P(C1=CC=C[CH]1[Fe][CH]1C=CC=C1P(C(C)(C)C)C(C)(C)C)C(C)(C)C.Cl.Cl. The van der Waals surface area contributed by atoms with Crippen LogP contribution in [0.4, 0.5) is 0 Å². The van der Waals surface area contributed by atoms with Crippen molar-refractivity contribution in [3.63, 3.8) is 0 Å². The van der Waals surface area contributed by atoms with E-state index in [9.17, 15) is 0 Å². The maximum atomic E-state index is 2.49. The van der Waals surface area contributed by atoms with E-state index >= 15 is 0 Å². The molecule has 0 aromatic carbocycles. The molecule has 2 atom stereocenters. The summed E-state index contributed by atoms with van der Waals surface area (Å²) < 4.78 is 0. The third-order valence-electron chi connectivity index (χ3n) is 5.09. The fourth-order valence-electron chi connectivity index (χ4n) is 5.16. The van der Waals surface area contributed by atoms with E-state index in [-0.39, 0.29) is 40.7 Å². The zero-order valence-electron chi connectivity index (χ0n) is 21.7. The molecule has 2 aliphatic rings. The molecule has 0 saturated carbocycles. The third kappa shape index (κ3) is 7.98. The zero-order valence-corrected chi connectivity index (χ0v) is 26.2. The van der Waals surface area contributed by atoms with Gasteiger partial charge in [0.2, 0.25) is 0 Å². The maximum Gasteiger partial charge on any atom is -0.147 e. The van der Waals surface area contributed by atoms with Gasteiger partial charge in [-0.1, -0.05) is 0 Å².